The number of aliphatic hydroxyl groups excluding tert-OH is 1. The van der Waals surface area contributed by atoms with Crippen LogP contribution in [-0.2, 0) is 5.41 Å². The Morgan fingerprint density at radius 3 is 2.32 bits per heavy atom. The zero-order valence-electron chi connectivity index (χ0n) is 16.1. The first kappa shape index (κ1) is 18.1. The number of hydrogen-bond donors (Lipinski definition) is 2. The zero-order chi connectivity index (χ0) is 19.1. The zero-order valence-corrected chi connectivity index (χ0v) is 16.1. The third-order valence-corrected chi connectivity index (χ3v) is 7.08. The highest BCUT2D eigenvalue weighted by molar-refractivity contribution is 5.48. The molecule has 2 saturated heterocycles. The van der Waals surface area contributed by atoms with Gasteiger partial charge in [0.05, 0.1) is 12.1 Å². The highest BCUT2D eigenvalue weighted by Gasteiger charge is 2.53. The van der Waals surface area contributed by atoms with Crippen molar-refractivity contribution in [3.05, 3.63) is 65.5 Å². The van der Waals surface area contributed by atoms with Gasteiger partial charge in [-0.15, -0.1) is 0 Å². The Bertz CT molecular complexity index is 826. The molecule has 1 spiro atoms. The van der Waals surface area contributed by atoms with Crippen molar-refractivity contribution in [1.82, 2.24) is 10.2 Å². The summed E-state index contributed by atoms with van der Waals surface area (Å²) in [4.78, 5) is 4.77. The molecule has 5 rings (SSSR count). The summed E-state index contributed by atoms with van der Waals surface area (Å²) in [6.07, 6.45) is 1.64. The van der Waals surface area contributed by atoms with E-state index < -0.39 is 0 Å². The number of rotatable bonds is 2. The van der Waals surface area contributed by atoms with Crippen LogP contribution in [0.2, 0.25) is 0 Å². The Morgan fingerprint density at radius 2 is 1.61 bits per heavy atom. The Kier molecular flexibility index (Phi) is 4.62. The minimum Gasteiger partial charge on any atom is -0.390 e. The van der Waals surface area contributed by atoms with E-state index >= 15 is 0 Å². The van der Waals surface area contributed by atoms with Crippen LogP contribution in [-0.4, -0.2) is 55.4 Å². The van der Waals surface area contributed by atoms with Crippen molar-refractivity contribution in [2.45, 2.75) is 30.4 Å². The first-order valence-electron chi connectivity index (χ1n) is 10.4. The SMILES string of the molecule is O[C@@H]1[C@@H](N2CCN(c3ccc(F)cc3)CC2)c2ccccc2C12CCNCC2. The molecule has 0 amide bonds. The van der Waals surface area contributed by atoms with Crippen LogP contribution in [0.4, 0.5) is 10.1 Å². The third-order valence-electron chi connectivity index (χ3n) is 7.08. The van der Waals surface area contributed by atoms with Crippen molar-refractivity contribution in [2.75, 3.05) is 44.2 Å². The van der Waals surface area contributed by atoms with E-state index in [1.165, 1.54) is 23.3 Å². The second-order valence-corrected chi connectivity index (χ2v) is 8.38. The summed E-state index contributed by atoms with van der Waals surface area (Å²) in [5.74, 6) is -0.194. The number of piperidine rings is 1. The molecular formula is C23H28FN3O. The van der Waals surface area contributed by atoms with Crippen LogP contribution in [0.3, 0.4) is 0 Å². The molecule has 28 heavy (non-hydrogen) atoms. The molecule has 0 bridgehead atoms. The first-order valence-corrected chi connectivity index (χ1v) is 10.4. The molecule has 4 nitrogen and oxygen atoms in total. The van der Waals surface area contributed by atoms with Gasteiger partial charge in [-0.25, -0.2) is 4.39 Å². The molecule has 1 aliphatic carbocycles. The number of fused-ring (bicyclic) bond motifs is 2. The maximum Gasteiger partial charge on any atom is 0.123 e. The van der Waals surface area contributed by atoms with Crippen LogP contribution in [0.5, 0.6) is 0 Å². The molecule has 3 aliphatic rings. The van der Waals surface area contributed by atoms with Gasteiger partial charge >= 0.3 is 0 Å². The number of nitrogens with zero attached hydrogens (tertiary/aromatic N) is 2. The van der Waals surface area contributed by atoms with Crippen LogP contribution in [0.15, 0.2) is 48.5 Å². The van der Waals surface area contributed by atoms with Gasteiger partial charge in [0.15, 0.2) is 0 Å². The Hall–Kier alpha value is -1.95. The van der Waals surface area contributed by atoms with E-state index in [-0.39, 0.29) is 23.4 Å². The third kappa shape index (κ3) is 2.84. The molecular weight excluding hydrogens is 353 g/mol. The van der Waals surface area contributed by atoms with E-state index in [9.17, 15) is 9.50 Å². The monoisotopic (exact) mass is 381 g/mol. The van der Waals surface area contributed by atoms with Crippen molar-refractivity contribution in [3.8, 4) is 0 Å². The van der Waals surface area contributed by atoms with Gasteiger partial charge in [-0.2, -0.15) is 0 Å². The van der Waals surface area contributed by atoms with E-state index in [0.29, 0.717) is 0 Å². The van der Waals surface area contributed by atoms with Gasteiger partial charge in [-0.3, -0.25) is 4.90 Å². The molecule has 5 heteroatoms. The average Bonchev–Trinajstić information content (AvgIpc) is 2.98. The van der Waals surface area contributed by atoms with E-state index in [4.69, 9.17) is 0 Å². The van der Waals surface area contributed by atoms with Crippen molar-refractivity contribution < 1.29 is 9.50 Å². The van der Waals surface area contributed by atoms with E-state index in [2.05, 4.69) is 39.4 Å². The standard InChI is InChI=1S/C23H28FN3O/c24-17-5-7-18(8-6-17)26-13-15-27(16-14-26)21-19-3-1-2-4-20(19)23(22(21)28)9-11-25-12-10-23/h1-8,21-22,25,28H,9-16H2/t21-,22+/m0/s1. The minimum absolute atomic E-state index is 0.0738. The van der Waals surface area contributed by atoms with Gasteiger partial charge in [0, 0.05) is 37.3 Å². The molecule has 2 N–H and O–H groups in total. The Labute approximate surface area is 166 Å². The molecule has 2 fully saturated rings. The van der Waals surface area contributed by atoms with E-state index in [0.717, 1.165) is 57.8 Å². The summed E-state index contributed by atoms with van der Waals surface area (Å²) < 4.78 is 13.2. The Morgan fingerprint density at radius 1 is 0.929 bits per heavy atom. The minimum atomic E-state index is -0.357. The largest absolute Gasteiger partial charge is 0.390 e. The maximum atomic E-state index is 13.2. The lowest BCUT2D eigenvalue weighted by molar-refractivity contribution is -0.00359. The van der Waals surface area contributed by atoms with Crippen molar-refractivity contribution in [2.24, 2.45) is 0 Å². The predicted octanol–water partition coefficient (Wildman–Crippen LogP) is 2.68. The second kappa shape index (κ2) is 7.14. The normalized spacial score (nSPS) is 27.1. The molecule has 0 aromatic heterocycles. The van der Waals surface area contributed by atoms with Crippen molar-refractivity contribution in [1.29, 1.82) is 0 Å². The number of nitrogens with one attached hydrogen (secondary N) is 1. The van der Waals surface area contributed by atoms with Crippen LogP contribution in [0.1, 0.15) is 30.0 Å². The van der Waals surface area contributed by atoms with Gasteiger partial charge in [0.1, 0.15) is 5.82 Å². The molecule has 0 unspecified atom stereocenters. The molecule has 148 valence electrons. The highest BCUT2D eigenvalue weighted by atomic mass is 19.1. The van der Waals surface area contributed by atoms with Crippen molar-refractivity contribution >= 4 is 5.69 Å². The number of hydrogen-bond acceptors (Lipinski definition) is 4. The maximum absolute atomic E-state index is 13.2. The summed E-state index contributed by atoms with van der Waals surface area (Å²) in [5, 5.41) is 15.0. The lowest BCUT2D eigenvalue weighted by Crippen LogP contribution is -2.52. The smallest absolute Gasteiger partial charge is 0.123 e. The predicted molar refractivity (Wildman–Crippen MR) is 109 cm³/mol. The van der Waals surface area contributed by atoms with Crippen LogP contribution in [0, 0.1) is 5.82 Å². The molecule has 2 aromatic rings. The topological polar surface area (TPSA) is 38.7 Å². The molecule has 2 aliphatic heterocycles. The second-order valence-electron chi connectivity index (χ2n) is 8.38. The fourth-order valence-electron chi connectivity index (χ4n) is 5.58. The molecule has 2 aromatic carbocycles. The summed E-state index contributed by atoms with van der Waals surface area (Å²) in [6.45, 7) is 5.54. The number of aliphatic hydroxyl groups is 1. The lowest BCUT2D eigenvalue weighted by Gasteiger charge is -2.43. The van der Waals surface area contributed by atoms with Gasteiger partial charge in [-0.1, -0.05) is 24.3 Å². The van der Waals surface area contributed by atoms with Crippen LogP contribution < -0.4 is 10.2 Å². The fraction of sp³-hybridized carbons (Fsp3) is 0.478. The van der Waals surface area contributed by atoms with E-state index in [1.54, 1.807) is 0 Å². The molecule has 0 saturated carbocycles. The molecule has 2 heterocycles. The van der Waals surface area contributed by atoms with Gasteiger partial charge in [0.2, 0.25) is 0 Å². The summed E-state index contributed by atoms with van der Waals surface area (Å²) in [7, 11) is 0. The van der Waals surface area contributed by atoms with Crippen molar-refractivity contribution in [3.63, 3.8) is 0 Å². The van der Waals surface area contributed by atoms with Gasteiger partial charge in [0.25, 0.3) is 0 Å². The van der Waals surface area contributed by atoms with Gasteiger partial charge < -0.3 is 15.3 Å². The number of piperazine rings is 1. The quantitative estimate of drug-likeness (QED) is 0.839. The average molecular weight is 381 g/mol. The number of benzene rings is 2. The van der Waals surface area contributed by atoms with E-state index in [1.807, 2.05) is 12.1 Å². The van der Waals surface area contributed by atoms with Crippen LogP contribution in [0.25, 0.3) is 0 Å². The summed E-state index contributed by atoms with van der Waals surface area (Å²) >= 11 is 0. The summed E-state index contributed by atoms with van der Waals surface area (Å²) in [6, 6.07) is 15.5. The fourth-order valence-corrected chi connectivity index (χ4v) is 5.58. The van der Waals surface area contributed by atoms with Gasteiger partial charge in [-0.05, 0) is 61.3 Å². The van der Waals surface area contributed by atoms with Crippen LogP contribution >= 0.6 is 0 Å². The number of anilines is 1. The molecule has 0 radical (unpaired) electrons. The molecule has 2 atom stereocenters. The number of halogens is 1. The Balaban J connectivity index is 1.37. The lowest BCUT2D eigenvalue weighted by atomic mass is 9.72. The first-order chi connectivity index (χ1) is 13.7. The summed E-state index contributed by atoms with van der Waals surface area (Å²) in [5.41, 5.74) is 3.63. The highest BCUT2D eigenvalue weighted by Crippen LogP contribution is 2.52.